The molecule has 1 aromatic carbocycles. The van der Waals surface area contributed by atoms with Crippen LogP contribution in [0.15, 0.2) is 24.3 Å². The second kappa shape index (κ2) is 7.26. The normalized spacial score (nSPS) is 19.8. The zero-order chi connectivity index (χ0) is 14.4. The Kier molecular flexibility index (Phi) is 5.65. The fourth-order valence-electron chi connectivity index (χ4n) is 3.44. The minimum absolute atomic E-state index is 0.514. The highest BCUT2D eigenvalue weighted by Gasteiger charge is 2.27. The lowest BCUT2D eigenvalue weighted by Crippen LogP contribution is -2.35. The third kappa shape index (κ3) is 4.09. The number of hydrogen-bond donors (Lipinski definition) is 1. The molecule has 0 radical (unpaired) electrons. The van der Waals surface area contributed by atoms with Crippen LogP contribution in [0.3, 0.4) is 0 Å². The fraction of sp³-hybridized carbons (Fsp3) is 0.684. The van der Waals surface area contributed by atoms with Gasteiger partial charge in [-0.1, -0.05) is 64.3 Å². The molecule has 2 rings (SSSR count). The molecule has 112 valence electrons. The van der Waals surface area contributed by atoms with Gasteiger partial charge in [-0.05, 0) is 42.2 Å². The van der Waals surface area contributed by atoms with Crippen molar-refractivity contribution in [2.45, 2.75) is 71.8 Å². The lowest BCUT2D eigenvalue weighted by atomic mass is 9.75. The molecule has 0 bridgehead atoms. The summed E-state index contributed by atoms with van der Waals surface area (Å²) in [6, 6.07) is 9.69. The van der Waals surface area contributed by atoms with Gasteiger partial charge in [-0.3, -0.25) is 0 Å². The van der Waals surface area contributed by atoms with Gasteiger partial charge in [0.05, 0.1) is 0 Å². The summed E-state index contributed by atoms with van der Waals surface area (Å²) in [5, 5.41) is 3.83. The molecule has 0 aromatic heterocycles. The van der Waals surface area contributed by atoms with Gasteiger partial charge in [0.1, 0.15) is 0 Å². The third-order valence-corrected chi connectivity index (χ3v) is 5.03. The highest BCUT2D eigenvalue weighted by atomic mass is 14.9. The summed E-state index contributed by atoms with van der Waals surface area (Å²) in [5.41, 5.74) is 3.40. The van der Waals surface area contributed by atoms with Crippen molar-refractivity contribution in [2.24, 2.45) is 5.41 Å². The maximum absolute atomic E-state index is 3.83. The first kappa shape index (κ1) is 15.6. The Morgan fingerprint density at radius 1 is 1.05 bits per heavy atom. The molecule has 1 fully saturated rings. The lowest BCUT2D eigenvalue weighted by molar-refractivity contribution is 0.199. The van der Waals surface area contributed by atoms with Crippen molar-refractivity contribution < 1.29 is 0 Å². The van der Waals surface area contributed by atoms with Crippen LogP contribution in [0.25, 0.3) is 0 Å². The molecule has 1 N–H and O–H groups in total. The second-order valence-electron chi connectivity index (χ2n) is 6.81. The Morgan fingerprint density at radius 2 is 1.70 bits per heavy atom. The summed E-state index contributed by atoms with van der Waals surface area (Å²) < 4.78 is 0. The van der Waals surface area contributed by atoms with E-state index in [-0.39, 0.29) is 0 Å². The number of aryl methyl sites for hydroxylation is 1. The van der Waals surface area contributed by atoms with Gasteiger partial charge in [0, 0.05) is 12.6 Å². The monoisotopic (exact) mass is 273 g/mol. The number of benzene rings is 1. The largest absolute Gasteiger partial charge is 0.309 e. The predicted octanol–water partition coefficient (Wildman–Crippen LogP) is 5.26. The minimum Gasteiger partial charge on any atom is -0.309 e. The van der Waals surface area contributed by atoms with Crippen LogP contribution < -0.4 is 5.32 Å². The highest BCUT2D eigenvalue weighted by molar-refractivity contribution is 5.25. The average Bonchev–Trinajstić information content (AvgIpc) is 2.49. The van der Waals surface area contributed by atoms with E-state index < -0.39 is 0 Å². The topological polar surface area (TPSA) is 12.0 Å². The molecule has 1 aliphatic rings. The van der Waals surface area contributed by atoms with Crippen LogP contribution in [0.4, 0.5) is 0 Å². The molecule has 1 atom stereocenters. The summed E-state index contributed by atoms with van der Waals surface area (Å²) >= 11 is 0. The maximum Gasteiger partial charge on any atom is 0.0317 e. The smallest absolute Gasteiger partial charge is 0.0317 e. The summed E-state index contributed by atoms with van der Waals surface area (Å²) in [6.07, 6.45) is 9.35. The molecule has 20 heavy (non-hydrogen) atoms. The Labute approximate surface area is 125 Å². The molecule has 0 amide bonds. The molecule has 1 heteroatoms. The third-order valence-electron chi connectivity index (χ3n) is 5.03. The zero-order valence-corrected chi connectivity index (χ0v) is 13.5. The van der Waals surface area contributed by atoms with Gasteiger partial charge in [0.25, 0.3) is 0 Å². The SMILES string of the molecule is CCc1ccc(C(CC)NCC2(C)CCCCC2)cc1. The maximum atomic E-state index is 3.83. The van der Waals surface area contributed by atoms with Crippen molar-refractivity contribution in [3.63, 3.8) is 0 Å². The van der Waals surface area contributed by atoms with Crippen LogP contribution in [-0.2, 0) is 6.42 Å². The molecular formula is C19H31N. The minimum atomic E-state index is 0.514. The van der Waals surface area contributed by atoms with E-state index in [1.54, 1.807) is 0 Å². The van der Waals surface area contributed by atoms with E-state index in [1.165, 1.54) is 56.2 Å². The van der Waals surface area contributed by atoms with Crippen molar-refractivity contribution in [1.82, 2.24) is 5.32 Å². The first-order chi connectivity index (χ1) is 9.67. The number of nitrogens with one attached hydrogen (secondary N) is 1. The number of hydrogen-bond acceptors (Lipinski definition) is 1. The molecular weight excluding hydrogens is 242 g/mol. The van der Waals surface area contributed by atoms with Gasteiger partial charge in [-0.15, -0.1) is 0 Å². The van der Waals surface area contributed by atoms with E-state index in [0.717, 1.165) is 6.42 Å². The van der Waals surface area contributed by atoms with Gasteiger partial charge in [-0.2, -0.15) is 0 Å². The number of rotatable bonds is 6. The fourth-order valence-corrected chi connectivity index (χ4v) is 3.44. The Bertz CT molecular complexity index is 387. The molecule has 0 heterocycles. The van der Waals surface area contributed by atoms with E-state index in [0.29, 0.717) is 11.5 Å². The average molecular weight is 273 g/mol. The summed E-state index contributed by atoms with van der Waals surface area (Å²) in [5.74, 6) is 0. The lowest BCUT2D eigenvalue weighted by Gasteiger charge is -2.35. The molecule has 1 aliphatic carbocycles. The van der Waals surface area contributed by atoms with Crippen LogP contribution in [0.2, 0.25) is 0 Å². The molecule has 1 unspecified atom stereocenters. The van der Waals surface area contributed by atoms with Gasteiger partial charge in [0.2, 0.25) is 0 Å². The predicted molar refractivity (Wildman–Crippen MR) is 88.0 cm³/mol. The summed E-state index contributed by atoms with van der Waals surface area (Å²) in [4.78, 5) is 0. The first-order valence-electron chi connectivity index (χ1n) is 8.49. The van der Waals surface area contributed by atoms with Crippen LogP contribution in [0.5, 0.6) is 0 Å². The van der Waals surface area contributed by atoms with Crippen LogP contribution in [0, 0.1) is 5.41 Å². The van der Waals surface area contributed by atoms with E-state index in [9.17, 15) is 0 Å². The van der Waals surface area contributed by atoms with Crippen LogP contribution in [-0.4, -0.2) is 6.54 Å². The summed E-state index contributed by atoms with van der Waals surface area (Å²) in [6.45, 7) is 8.14. The Balaban J connectivity index is 1.94. The molecule has 0 aliphatic heterocycles. The van der Waals surface area contributed by atoms with Crippen LogP contribution >= 0.6 is 0 Å². The molecule has 1 saturated carbocycles. The second-order valence-corrected chi connectivity index (χ2v) is 6.81. The van der Waals surface area contributed by atoms with Crippen molar-refractivity contribution in [3.05, 3.63) is 35.4 Å². The molecule has 0 saturated heterocycles. The van der Waals surface area contributed by atoms with Gasteiger partial charge in [-0.25, -0.2) is 0 Å². The van der Waals surface area contributed by atoms with Crippen LogP contribution in [0.1, 0.15) is 76.5 Å². The highest BCUT2D eigenvalue weighted by Crippen LogP contribution is 2.35. The Hall–Kier alpha value is -0.820. The van der Waals surface area contributed by atoms with Crippen molar-refractivity contribution in [2.75, 3.05) is 6.54 Å². The van der Waals surface area contributed by atoms with E-state index >= 15 is 0 Å². The quantitative estimate of drug-likeness (QED) is 0.745. The zero-order valence-electron chi connectivity index (χ0n) is 13.5. The van der Waals surface area contributed by atoms with E-state index in [4.69, 9.17) is 0 Å². The Morgan fingerprint density at radius 3 is 2.25 bits per heavy atom. The summed E-state index contributed by atoms with van der Waals surface area (Å²) in [7, 11) is 0. The van der Waals surface area contributed by atoms with E-state index in [2.05, 4.69) is 50.4 Å². The van der Waals surface area contributed by atoms with Crippen molar-refractivity contribution >= 4 is 0 Å². The standard InChI is InChI=1S/C19H31N/c1-4-16-9-11-17(12-10-16)18(5-2)20-15-19(3)13-7-6-8-14-19/h9-12,18,20H,4-8,13-15H2,1-3H3. The van der Waals surface area contributed by atoms with Crippen molar-refractivity contribution in [3.8, 4) is 0 Å². The first-order valence-corrected chi connectivity index (χ1v) is 8.49. The molecule has 0 spiro atoms. The molecule has 1 nitrogen and oxygen atoms in total. The van der Waals surface area contributed by atoms with Gasteiger partial charge < -0.3 is 5.32 Å². The van der Waals surface area contributed by atoms with Gasteiger partial charge in [0.15, 0.2) is 0 Å². The van der Waals surface area contributed by atoms with E-state index in [1.807, 2.05) is 0 Å². The van der Waals surface area contributed by atoms with Crippen molar-refractivity contribution in [1.29, 1.82) is 0 Å². The van der Waals surface area contributed by atoms with Gasteiger partial charge >= 0.3 is 0 Å². The molecule has 1 aromatic rings.